The van der Waals surface area contributed by atoms with E-state index in [1.165, 1.54) is 6.33 Å². The summed E-state index contributed by atoms with van der Waals surface area (Å²) < 4.78 is 16.5. The zero-order valence-corrected chi connectivity index (χ0v) is 19.9. The fourth-order valence-corrected chi connectivity index (χ4v) is 3.37. The number of rotatable bonds is 8. The third-order valence-corrected chi connectivity index (χ3v) is 5.39. The Hall–Kier alpha value is -3.71. The van der Waals surface area contributed by atoms with Gasteiger partial charge in [0, 0.05) is 11.1 Å². The van der Waals surface area contributed by atoms with Crippen LogP contribution in [-0.2, 0) is 9.53 Å². The van der Waals surface area contributed by atoms with Crippen molar-refractivity contribution in [3.8, 4) is 28.2 Å². The van der Waals surface area contributed by atoms with E-state index in [0.29, 0.717) is 12.3 Å². The van der Waals surface area contributed by atoms with Crippen LogP contribution in [0.1, 0.15) is 32.4 Å². The Balaban J connectivity index is 0.000000277. The number of aromatic nitrogens is 2. The number of aryl methyl sites for hydroxylation is 1. The van der Waals surface area contributed by atoms with Crippen molar-refractivity contribution >= 4 is 17.1 Å². The minimum Gasteiger partial charge on any atom is -0.497 e. The summed E-state index contributed by atoms with van der Waals surface area (Å²) in [6.07, 6.45) is 2.75. The number of aliphatic carboxylic acids is 1. The van der Waals surface area contributed by atoms with Crippen LogP contribution in [0, 0.1) is 6.92 Å². The maximum atomic E-state index is 9.99. The normalized spacial score (nSPS) is 11.5. The molecule has 0 bridgehead atoms. The lowest BCUT2D eigenvalue weighted by molar-refractivity contribution is -0.138. The summed E-state index contributed by atoms with van der Waals surface area (Å²) in [5, 5.41) is 9.16. The van der Waals surface area contributed by atoms with Crippen LogP contribution in [0.2, 0.25) is 0 Å². The predicted molar refractivity (Wildman–Crippen MR) is 132 cm³/mol. The molecule has 1 unspecified atom stereocenters. The number of hydrogen-bond acceptors (Lipinski definition) is 6. The van der Waals surface area contributed by atoms with Crippen molar-refractivity contribution in [2.75, 3.05) is 13.7 Å². The number of hydrogen-bond donors (Lipinski definition) is 1. The summed E-state index contributed by atoms with van der Waals surface area (Å²) in [5.41, 5.74) is 4.58. The monoisotopic (exact) mass is 462 g/mol. The van der Waals surface area contributed by atoms with Gasteiger partial charge in [-0.15, -0.1) is 0 Å². The fourth-order valence-electron chi connectivity index (χ4n) is 3.37. The van der Waals surface area contributed by atoms with Gasteiger partial charge in [-0.25, -0.2) is 9.97 Å². The molecule has 7 nitrogen and oxygen atoms in total. The molecule has 7 heteroatoms. The predicted octanol–water partition coefficient (Wildman–Crippen LogP) is 6.15. The molecule has 0 radical (unpaired) electrons. The highest BCUT2D eigenvalue weighted by Crippen LogP contribution is 2.41. The van der Waals surface area contributed by atoms with E-state index in [1.807, 2.05) is 75.4 Å². The van der Waals surface area contributed by atoms with Crippen LogP contribution in [-0.4, -0.2) is 40.9 Å². The van der Waals surface area contributed by atoms with Crippen molar-refractivity contribution in [1.82, 2.24) is 9.97 Å². The molecule has 1 atom stereocenters. The molecule has 0 aliphatic rings. The van der Waals surface area contributed by atoms with E-state index < -0.39 is 5.97 Å². The van der Waals surface area contributed by atoms with Crippen LogP contribution < -0.4 is 4.74 Å². The lowest BCUT2D eigenvalue weighted by Gasteiger charge is -2.07. The number of benzene rings is 2. The molecule has 4 aromatic rings. The molecule has 0 amide bonds. The highest BCUT2D eigenvalue weighted by Gasteiger charge is 2.20. The smallest absolute Gasteiger partial charge is 0.305 e. The summed E-state index contributed by atoms with van der Waals surface area (Å²) in [6, 6.07) is 18.0. The number of carboxylic acids is 1. The number of carboxylic acid groups (broad SMARTS) is 1. The molecule has 0 aliphatic carbocycles. The molecular formula is C27H30N2O5. The topological polar surface area (TPSA) is 94.7 Å². The van der Waals surface area contributed by atoms with E-state index in [4.69, 9.17) is 19.0 Å². The second-order valence-electron chi connectivity index (χ2n) is 7.77. The standard InChI is InChI=1S/C20H16N2O2.C7H14O3/c1-13-17-18(14-8-10-16(23-2)11-9-14)19(15-6-4-3-5-7-15)24-20(17)22-12-21-13;1-3-6(2)10-5-4-7(8)9/h3-12H,1-2H3;6H,3-5H2,1-2H3,(H,8,9). The van der Waals surface area contributed by atoms with Gasteiger partial charge >= 0.3 is 5.97 Å². The number of furan rings is 1. The molecular weight excluding hydrogens is 432 g/mol. The molecule has 1 N–H and O–H groups in total. The third kappa shape index (κ3) is 6.20. The zero-order chi connectivity index (χ0) is 24.5. The SMILES string of the molecule is CCC(C)OCCC(=O)O.COc1ccc(-c2c(-c3ccccc3)oc3ncnc(C)c23)cc1. The third-order valence-electron chi connectivity index (χ3n) is 5.39. The first-order chi connectivity index (χ1) is 16.4. The van der Waals surface area contributed by atoms with Crippen molar-refractivity contribution in [1.29, 1.82) is 0 Å². The maximum Gasteiger partial charge on any atom is 0.305 e. The lowest BCUT2D eigenvalue weighted by atomic mass is 9.98. The average molecular weight is 463 g/mol. The first-order valence-corrected chi connectivity index (χ1v) is 11.2. The van der Waals surface area contributed by atoms with Crippen molar-refractivity contribution in [3.05, 3.63) is 66.6 Å². The number of carbonyl (C=O) groups is 1. The second-order valence-corrected chi connectivity index (χ2v) is 7.77. The molecule has 0 saturated carbocycles. The van der Waals surface area contributed by atoms with Crippen LogP contribution in [0.5, 0.6) is 5.75 Å². The molecule has 0 spiro atoms. The van der Waals surface area contributed by atoms with Gasteiger partial charge in [0.1, 0.15) is 17.8 Å². The quantitative estimate of drug-likeness (QED) is 0.335. The highest BCUT2D eigenvalue weighted by atomic mass is 16.5. The van der Waals surface area contributed by atoms with Gasteiger partial charge in [-0.1, -0.05) is 49.4 Å². The van der Waals surface area contributed by atoms with Gasteiger partial charge in [0.25, 0.3) is 0 Å². The fraction of sp³-hybridized carbons (Fsp3) is 0.296. The van der Waals surface area contributed by atoms with Gasteiger partial charge in [0.05, 0.1) is 37.3 Å². The lowest BCUT2D eigenvalue weighted by Crippen LogP contribution is -2.10. The van der Waals surface area contributed by atoms with Crippen molar-refractivity contribution < 1.29 is 23.8 Å². The molecule has 2 aromatic carbocycles. The molecule has 178 valence electrons. The number of nitrogens with zero attached hydrogens (tertiary/aromatic N) is 2. The van der Waals surface area contributed by atoms with E-state index in [9.17, 15) is 4.79 Å². The summed E-state index contributed by atoms with van der Waals surface area (Å²) in [6.45, 7) is 6.24. The molecule has 4 rings (SSSR count). The Bertz CT molecular complexity index is 1200. The van der Waals surface area contributed by atoms with Crippen LogP contribution >= 0.6 is 0 Å². The zero-order valence-electron chi connectivity index (χ0n) is 19.9. The van der Waals surface area contributed by atoms with Crippen molar-refractivity contribution in [2.45, 2.75) is 39.7 Å². The average Bonchev–Trinajstić information content (AvgIpc) is 3.26. The molecule has 2 aromatic heterocycles. The first kappa shape index (κ1) is 24.9. The number of methoxy groups -OCH3 is 1. The Morgan fingerprint density at radius 3 is 2.38 bits per heavy atom. The Morgan fingerprint density at radius 2 is 1.76 bits per heavy atom. The largest absolute Gasteiger partial charge is 0.497 e. The first-order valence-electron chi connectivity index (χ1n) is 11.2. The summed E-state index contributed by atoms with van der Waals surface area (Å²) >= 11 is 0. The highest BCUT2D eigenvalue weighted by molar-refractivity contribution is 6.01. The molecule has 0 fully saturated rings. The van der Waals surface area contributed by atoms with Gasteiger partial charge in [0.15, 0.2) is 0 Å². The van der Waals surface area contributed by atoms with Crippen molar-refractivity contribution in [2.24, 2.45) is 0 Å². The van der Waals surface area contributed by atoms with Gasteiger partial charge < -0.3 is 19.0 Å². The summed E-state index contributed by atoms with van der Waals surface area (Å²) in [7, 11) is 1.66. The van der Waals surface area contributed by atoms with Crippen molar-refractivity contribution in [3.63, 3.8) is 0 Å². The summed E-state index contributed by atoms with van der Waals surface area (Å²) in [4.78, 5) is 18.6. The minimum atomic E-state index is -0.802. The Morgan fingerprint density at radius 1 is 1.06 bits per heavy atom. The molecule has 0 saturated heterocycles. The van der Waals surface area contributed by atoms with Gasteiger partial charge in [-0.3, -0.25) is 4.79 Å². The maximum absolute atomic E-state index is 9.99. The van der Waals surface area contributed by atoms with Gasteiger partial charge in [-0.05, 0) is 38.0 Å². The second kappa shape index (κ2) is 12.0. The summed E-state index contributed by atoms with van der Waals surface area (Å²) in [5.74, 6) is 0.823. The van der Waals surface area contributed by atoms with Crippen LogP contribution in [0.25, 0.3) is 33.6 Å². The van der Waals surface area contributed by atoms with Crippen LogP contribution in [0.3, 0.4) is 0 Å². The number of fused-ring (bicyclic) bond motifs is 1. The molecule has 0 aliphatic heterocycles. The van der Waals surface area contributed by atoms with Gasteiger partial charge in [-0.2, -0.15) is 0 Å². The minimum absolute atomic E-state index is 0.102. The van der Waals surface area contributed by atoms with Crippen LogP contribution in [0.4, 0.5) is 0 Å². The number of ether oxygens (including phenoxy) is 2. The van der Waals surface area contributed by atoms with E-state index in [1.54, 1.807) is 7.11 Å². The van der Waals surface area contributed by atoms with E-state index >= 15 is 0 Å². The van der Waals surface area contributed by atoms with Gasteiger partial charge in [0.2, 0.25) is 5.71 Å². The van der Waals surface area contributed by atoms with E-state index in [-0.39, 0.29) is 12.5 Å². The molecule has 2 heterocycles. The Kier molecular flexibility index (Phi) is 8.76. The van der Waals surface area contributed by atoms with E-state index in [2.05, 4.69) is 9.97 Å². The Labute approximate surface area is 199 Å². The van der Waals surface area contributed by atoms with E-state index in [0.717, 1.165) is 45.7 Å². The molecule has 34 heavy (non-hydrogen) atoms. The van der Waals surface area contributed by atoms with Crippen LogP contribution in [0.15, 0.2) is 65.3 Å².